The third-order valence-corrected chi connectivity index (χ3v) is 8.73. The lowest BCUT2D eigenvalue weighted by Gasteiger charge is -2.20. The Morgan fingerprint density at radius 2 is 1.74 bits per heavy atom. The number of benzene rings is 3. The zero-order chi connectivity index (χ0) is 32.2. The van der Waals surface area contributed by atoms with Gasteiger partial charge in [-0.05, 0) is 75.1 Å². The lowest BCUT2D eigenvalue weighted by molar-refractivity contribution is 0.0774. The Labute approximate surface area is 271 Å². The van der Waals surface area contributed by atoms with E-state index < -0.39 is 5.82 Å². The summed E-state index contributed by atoms with van der Waals surface area (Å²) in [7, 11) is 1.58. The molecule has 3 aromatic carbocycles. The highest BCUT2D eigenvalue weighted by molar-refractivity contribution is 6.30. The van der Waals surface area contributed by atoms with Gasteiger partial charge in [0.15, 0.2) is 11.5 Å². The number of carbonyl (C=O) groups excluding carboxylic acids is 1. The SMILES string of the molecule is COc1cc2c(cc1OCCCCCCCOc1ccc3nc(C)n(-c4ccc(F)c(Cl)c4)c(=O)c3c1)N=C[C@@H]1CCCN1C2=O. The fraction of sp³-hybridized carbons (Fsp3) is 0.371. The maximum Gasteiger partial charge on any atom is 0.266 e. The molecule has 1 atom stereocenters. The maximum atomic E-state index is 13.7. The number of hydrogen-bond acceptors (Lipinski definition) is 7. The number of halogens is 2. The molecule has 1 amide bonds. The molecule has 1 saturated heterocycles. The number of nitrogens with zero attached hydrogens (tertiary/aromatic N) is 4. The van der Waals surface area contributed by atoms with Crippen LogP contribution in [0.1, 0.15) is 61.1 Å². The lowest BCUT2D eigenvalue weighted by atomic mass is 10.1. The van der Waals surface area contributed by atoms with Crippen LogP contribution in [0.4, 0.5) is 10.1 Å². The smallest absolute Gasteiger partial charge is 0.266 e. The number of fused-ring (bicyclic) bond motifs is 3. The molecular weight excluding hydrogens is 611 g/mol. The van der Waals surface area contributed by atoms with E-state index >= 15 is 0 Å². The Morgan fingerprint density at radius 3 is 2.52 bits per heavy atom. The highest BCUT2D eigenvalue weighted by Crippen LogP contribution is 2.38. The number of methoxy groups -OCH3 is 1. The van der Waals surface area contributed by atoms with Gasteiger partial charge in [-0.1, -0.05) is 30.9 Å². The summed E-state index contributed by atoms with van der Waals surface area (Å²) in [4.78, 5) is 37.4. The van der Waals surface area contributed by atoms with Crippen molar-refractivity contribution in [3.8, 4) is 22.9 Å². The van der Waals surface area contributed by atoms with Crippen molar-refractivity contribution in [2.75, 3.05) is 26.9 Å². The molecule has 0 radical (unpaired) electrons. The van der Waals surface area contributed by atoms with Crippen LogP contribution in [0.2, 0.25) is 5.02 Å². The number of aromatic nitrogens is 2. The molecular formula is C35H36ClFN4O5. The molecule has 6 rings (SSSR count). The van der Waals surface area contributed by atoms with Gasteiger partial charge in [0.2, 0.25) is 0 Å². The van der Waals surface area contributed by atoms with Gasteiger partial charge in [0.1, 0.15) is 17.4 Å². The van der Waals surface area contributed by atoms with Gasteiger partial charge in [-0.3, -0.25) is 19.1 Å². The molecule has 0 unspecified atom stereocenters. The summed E-state index contributed by atoms with van der Waals surface area (Å²) in [6.45, 7) is 3.53. The van der Waals surface area contributed by atoms with Gasteiger partial charge >= 0.3 is 0 Å². The molecule has 240 valence electrons. The first-order valence-corrected chi connectivity index (χ1v) is 16.0. The highest BCUT2D eigenvalue weighted by Gasteiger charge is 2.32. The number of carbonyl (C=O) groups is 1. The summed E-state index contributed by atoms with van der Waals surface area (Å²) in [5.41, 5.74) is 1.91. The molecule has 0 spiro atoms. The van der Waals surface area contributed by atoms with Crippen LogP contribution in [0.3, 0.4) is 0 Å². The predicted octanol–water partition coefficient (Wildman–Crippen LogP) is 7.22. The van der Waals surface area contributed by atoms with Crippen molar-refractivity contribution in [1.29, 1.82) is 0 Å². The molecule has 0 saturated carbocycles. The van der Waals surface area contributed by atoms with Crippen molar-refractivity contribution in [2.45, 2.75) is 57.9 Å². The maximum absolute atomic E-state index is 13.7. The van der Waals surface area contributed by atoms with E-state index in [0.717, 1.165) is 51.5 Å². The Balaban J connectivity index is 0.966. The molecule has 0 bridgehead atoms. The van der Waals surface area contributed by atoms with Crippen molar-refractivity contribution >= 4 is 40.3 Å². The van der Waals surface area contributed by atoms with E-state index in [4.69, 9.17) is 25.8 Å². The van der Waals surface area contributed by atoms with Crippen molar-refractivity contribution in [3.05, 3.63) is 81.1 Å². The third kappa shape index (κ3) is 6.58. The average molecular weight is 647 g/mol. The van der Waals surface area contributed by atoms with E-state index in [-0.39, 0.29) is 22.5 Å². The zero-order valence-electron chi connectivity index (χ0n) is 25.9. The van der Waals surface area contributed by atoms with Gasteiger partial charge in [0.05, 0.1) is 59.2 Å². The second-order valence-corrected chi connectivity index (χ2v) is 12.0. The van der Waals surface area contributed by atoms with Gasteiger partial charge in [-0.2, -0.15) is 0 Å². The first-order chi connectivity index (χ1) is 22.3. The Bertz CT molecular complexity index is 1860. The first kappa shape index (κ1) is 31.5. The molecule has 3 heterocycles. The fourth-order valence-electron chi connectivity index (χ4n) is 6.02. The Morgan fingerprint density at radius 1 is 0.957 bits per heavy atom. The van der Waals surface area contributed by atoms with Crippen molar-refractivity contribution in [1.82, 2.24) is 14.5 Å². The molecule has 0 aliphatic carbocycles. The molecule has 4 aromatic rings. The number of amides is 1. The first-order valence-electron chi connectivity index (χ1n) is 15.7. The fourth-order valence-corrected chi connectivity index (χ4v) is 6.20. The van der Waals surface area contributed by atoms with E-state index in [2.05, 4.69) is 9.98 Å². The van der Waals surface area contributed by atoms with E-state index in [9.17, 15) is 14.0 Å². The van der Waals surface area contributed by atoms with Crippen LogP contribution in [0.15, 0.2) is 58.3 Å². The highest BCUT2D eigenvalue weighted by atomic mass is 35.5. The Kier molecular flexibility index (Phi) is 9.53. The van der Waals surface area contributed by atoms with Crippen LogP contribution in [-0.4, -0.2) is 59.5 Å². The normalized spacial score (nSPS) is 15.5. The number of rotatable bonds is 12. The minimum atomic E-state index is -0.550. The van der Waals surface area contributed by atoms with Gasteiger partial charge in [-0.15, -0.1) is 0 Å². The third-order valence-electron chi connectivity index (χ3n) is 8.44. The molecule has 2 aliphatic rings. The summed E-state index contributed by atoms with van der Waals surface area (Å²) in [5, 5.41) is 0.348. The second kappa shape index (κ2) is 13.9. The van der Waals surface area contributed by atoms with Crippen molar-refractivity contribution in [2.24, 2.45) is 4.99 Å². The summed E-state index contributed by atoms with van der Waals surface area (Å²) in [6, 6.07) is 13.0. The molecule has 9 nitrogen and oxygen atoms in total. The number of hydrogen-bond donors (Lipinski definition) is 0. The standard InChI is InChI=1S/C35H36ClFN4O5/c1-22-39-30-13-11-25(18-26(30)35(43)41(22)23-10-12-29(37)28(36)17-23)45-15-6-4-3-5-7-16-46-33-20-31-27(19-32(33)44-2)34(42)40-14-8-9-24(40)21-38-31/h10-13,17-21,24H,3-9,14-16H2,1-2H3/t24-/m0/s1. The molecule has 1 fully saturated rings. The van der Waals surface area contributed by atoms with Crippen LogP contribution in [0.25, 0.3) is 16.6 Å². The van der Waals surface area contributed by atoms with Crippen LogP contribution in [-0.2, 0) is 0 Å². The van der Waals surface area contributed by atoms with E-state index in [1.54, 1.807) is 38.3 Å². The van der Waals surface area contributed by atoms with E-state index in [1.807, 2.05) is 17.2 Å². The number of aryl methyl sites for hydroxylation is 1. The molecule has 2 aliphatic heterocycles. The average Bonchev–Trinajstić information content (AvgIpc) is 3.48. The summed E-state index contributed by atoms with van der Waals surface area (Å²) in [6.07, 6.45) is 8.56. The van der Waals surface area contributed by atoms with Crippen molar-refractivity contribution < 1.29 is 23.4 Å². The minimum absolute atomic E-state index is 0.00699. The van der Waals surface area contributed by atoms with E-state index in [1.165, 1.54) is 22.8 Å². The molecule has 0 N–H and O–H groups in total. The van der Waals surface area contributed by atoms with Crippen LogP contribution in [0, 0.1) is 12.7 Å². The van der Waals surface area contributed by atoms with Gasteiger partial charge in [-0.25, -0.2) is 9.37 Å². The Hall–Kier alpha value is -4.44. The summed E-state index contributed by atoms with van der Waals surface area (Å²) in [5.74, 6) is 1.64. The second-order valence-electron chi connectivity index (χ2n) is 11.5. The monoisotopic (exact) mass is 646 g/mol. The minimum Gasteiger partial charge on any atom is -0.494 e. The van der Waals surface area contributed by atoms with Crippen LogP contribution >= 0.6 is 11.6 Å². The quantitative estimate of drug-likeness (QED) is 0.151. The van der Waals surface area contributed by atoms with E-state index in [0.29, 0.717) is 64.1 Å². The van der Waals surface area contributed by atoms with Gasteiger partial charge in [0, 0.05) is 18.8 Å². The van der Waals surface area contributed by atoms with Gasteiger partial charge in [0.25, 0.3) is 11.5 Å². The summed E-state index contributed by atoms with van der Waals surface area (Å²) < 4.78 is 32.6. The topological polar surface area (TPSA) is 95.2 Å². The van der Waals surface area contributed by atoms with Crippen LogP contribution < -0.4 is 19.8 Å². The number of ether oxygens (including phenoxy) is 3. The van der Waals surface area contributed by atoms with Crippen LogP contribution in [0.5, 0.6) is 17.2 Å². The number of aliphatic imine (C=N–C) groups is 1. The van der Waals surface area contributed by atoms with Gasteiger partial charge < -0.3 is 19.1 Å². The zero-order valence-corrected chi connectivity index (χ0v) is 26.7. The van der Waals surface area contributed by atoms with Crippen molar-refractivity contribution in [3.63, 3.8) is 0 Å². The number of unbranched alkanes of at least 4 members (excludes halogenated alkanes) is 4. The molecule has 11 heteroatoms. The lowest BCUT2D eigenvalue weighted by Crippen LogP contribution is -2.35. The molecule has 46 heavy (non-hydrogen) atoms. The summed E-state index contributed by atoms with van der Waals surface area (Å²) >= 11 is 5.95. The molecule has 1 aromatic heterocycles. The predicted molar refractivity (Wildman–Crippen MR) is 176 cm³/mol. The largest absolute Gasteiger partial charge is 0.494 e.